The van der Waals surface area contributed by atoms with E-state index in [2.05, 4.69) is 9.98 Å². The Morgan fingerprint density at radius 2 is 2.00 bits per heavy atom. The van der Waals surface area contributed by atoms with Gasteiger partial charge in [0.25, 0.3) is 0 Å². The maximum Gasteiger partial charge on any atom is 0.218 e. The molecule has 0 amide bonds. The monoisotopic (exact) mass is 205 g/mol. The third-order valence-electron chi connectivity index (χ3n) is 1.79. The molecule has 4 nitrogen and oxygen atoms in total. The van der Waals surface area contributed by atoms with Crippen LogP contribution >= 0.6 is 0 Å². The van der Waals surface area contributed by atoms with Crippen LogP contribution in [-0.2, 0) is 11.3 Å². The topological polar surface area (TPSA) is 60.0 Å². The molecule has 0 spiro atoms. The molecule has 0 aliphatic carbocycles. The van der Waals surface area contributed by atoms with E-state index in [1.54, 1.807) is 14.0 Å². The zero-order chi connectivity index (χ0) is 11.1. The summed E-state index contributed by atoms with van der Waals surface area (Å²) in [6, 6.07) is 9.88. The zero-order valence-corrected chi connectivity index (χ0v) is 8.97. The van der Waals surface area contributed by atoms with Crippen molar-refractivity contribution < 1.29 is 4.74 Å². The van der Waals surface area contributed by atoms with Gasteiger partial charge in [-0.2, -0.15) is 4.99 Å². The smallest absolute Gasteiger partial charge is 0.218 e. The van der Waals surface area contributed by atoms with E-state index in [4.69, 9.17) is 10.5 Å². The van der Waals surface area contributed by atoms with Crippen LogP contribution < -0.4 is 5.73 Å². The minimum absolute atomic E-state index is 0.223. The minimum Gasteiger partial charge on any atom is -0.476 e. The van der Waals surface area contributed by atoms with E-state index in [0.29, 0.717) is 12.5 Å². The molecule has 0 saturated carbocycles. The molecule has 1 aromatic carbocycles. The molecule has 0 fully saturated rings. The lowest BCUT2D eigenvalue weighted by Gasteiger charge is -2.04. The second-order valence-corrected chi connectivity index (χ2v) is 2.99. The van der Waals surface area contributed by atoms with Crippen LogP contribution in [0.25, 0.3) is 0 Å². The molecule has 2 N–H and O–H groups in total. The first kappa shape index (κ1) is 11.2. The molecule has 0 bridgehead atoms. The van der Waals surface area contributed by atoms with E-state index >= 15 is 0 Å². The molecular weight excluding hydrogens is 190 g/mol. The Morgan fingerprint density at radius 1 is 1.33 bits per heavy atom. The van der Waals surface area contributed by atoms with E-state index in [-0.39, 0.29) is 5.96 Å². The quantitative estimate of drug-likeness (QED) is 0.588. The molecule has 0 aliphatic heterocycles. The van der Waals surface area contributed by atoms with Crippen molar-refractivity contribution in [2.75, 3.05) is 7.05 Å². The van der Waals surface area contributed by atoms with E-state index in [1.165, 1.54) is 0 Å². The van der Waals surface area contributed by atoms with E-state index in [1.807, 2.05) is 30.3 Å². The molecule has 1 rings (SSSR count). The number of hydrogen-bond acceptors (Lipinski definition) is 2. The highest BCUT2D eigenvalue weighted by atomic mass is 16.5. The summed E-state index contributed by atoms with van der Waals surface area (Å²) in [6.45, 7) is 2.24. The summed E-state index contributed by atoms with van der Waals surface area (Å²) in [5.74, 6) is 0.738. The van der Waals surface area contributed by atoms with Gasteiger partial charge in [-0.3, -0.25) is 4.99 Å². The summed E-state index contributed by atoms with van der Waals surface area (Å²) in [5.41, 5.74) is 6.52. The highest BCUT2D eigenvalue weighted by molar-refractivity contribution is 5.91. The Hall–Kier alpha value is -1.84. The number of hydrogen-bond donors (Lipinski definition) is 1. The lowest BCUT2D eigenvalue weighted by Crippen LogP contribution is -2.12. The molecule has 1 aromatic rings. The van der Waals surface area contributed by atoms with Crippen LogP contribution in [0.3, 0.4) is 0 Å². The summed E-state index contributed by atoms with van der Waals surface area (Å²) < 4.78 is 5.39. The second kappa shape index (κ2) is 5.80. The minimum atomic E-state index is 0.223. The first-order valence-electron chi connectivity index (χ1n) is 4.66. The zero-order valence-electron chi connectivity index (χ0n) is 8.97. The fourth-order valence-corrected chi connectivity index (χ4v) is 1.01. The lowest BCUT2D eigenvalue weighted by molar-refractivity contribution is 0.290. The summed E-state index contributed by atoms with van der Waals surface area (Å²) in [6.07, 6.45) is 0. The summed E-state index contributed by atoms with van der Waals surface area (Å²) in [5, 5.41) is 0. The van der Waals surface area contributed by atoms with Gasteiger partial charge in [-0.25, -0.2) is 0 Å². The van der Waals surface area contributed by atoms with E-state index < -0.39 is 0 Å². The molecule has 0 saturated heterocycles. The third kappa shape index (κ3) is 4.26. The number of rotatable bonds is 2. The van der Waals surface area contributed by atoms with E-state index in [0.717, 1.165) is 5.56 Å². The van der Waals surface area contributed by atoms with Gasteiger partial charge in [-0.05, 0) is 5.56 Å². The van der Waals surface area contributed by atoms with Gasteiger partial charge in [0.1, 0.15) is 6.61 Å². The predicted molar refractivity (Wildman–Crippen MR) is 61.9 cm³/mol. The van der Waals surface area contributed by atoms with Gasteiger partial charge < -0.3 is 10.5 Å². The van der Waals surface area contributed by atoms with Crippen LogP contribution in [0.5, 0.6) is 0 Å². The molecule has 15 heavy (non-hydrogen) atoms. The molecule has 0 unspecified atom stereocenters. The standard InChI is InChI=1S/C11H15N3O/c1-9(14-11(12)13-2)15-8-10-6-4-3-5-7-10/h3-7H,8H2,1-2H3,(H2,12,13)/b14-9+. The number of ether oxygens (including phenoxy) is 1. The molecule has 0 aliphatic rings. The number of benzene rings is 1. The average Bonchev–Trinajstić information content (AvgIpc) is 2.27. The Kier molecular flexibility index (Phi) is 4.34. The number of aliphatic imine (C=N–C) groups is 2. The predicted octanol–water partition coefficient (Wildman–Crippen LogP) is 1.57. The van der Waals surface area contributed by atoms with Gasteiger partial charge in [-0.1, -0.05) is 30.3 Å². The molecule has 4 heteroatoms. The van der Waals surface area contributed by atoms with Crippen molar-refractivity contribution in [3.8, 4) is 0 Å². The van der Waals surface area contributed by atoms with Gasteiger partial charge in [-0.15, -0.1) is 0 Å². The SMILES string of the molecule is CN=C(N)/N=C(\C)OCc1ccccc1. The third-order valence-corrected chi connectivity index (χ3v) is 1.79. The Labute approximate surface area is 89.5 Å². The lowest BCUT2D eigenvalue weighted by atomic mass is 10.2. The average molecular weight is 205 g/mol. The van der Waals surface area contributed by atoms with Crippen LogP contribution in [0.2, 0.25) is 0 Å². The van der Waals surface area contributed by atoms with Crippen LogP contribution in [0, 0.1) is 0 Å². The molecule has 0 aromatic heterocycles. The summed E-state index contributed by atoms with van der Waals surface area (Å²) in [4.78, 5) is 7.64. The molecule has 0 heterocycles. The maximum atomic E-state index is 5.43. The van der Waals surface area contributed by atoms with Crippen LogP contribution in [0.15, 0.2) is 40.3 Å². The van der Waals surface area contributed by atoms with E-state index in [9.17, 15) is 0 Å². The van der Waals surface area contributed by atoms with Crippen molar-refractivity contribution in [2.45, 2.75) is 13.5 Å². The van der Waals surface area contributed by atoms with Crippen molar-refractivity contribution in [1.82, 2.24) is 0 Å². The molecule has 80 valence electrons. The largest absolute Gasteiger partial charge is 0.476 e. The van der Waals surface area contributed by atoms with Gasteiger partial charge in [0.05, 0.1) is 0 Å². The highest BCUT2D eigenvalue weighted by Gasteiger charge is 1.95. The Morgan fingerprint density at radius 3 is 2.60 bits per heavy atom. The first-order chi connectivity index (χ1) is 7.22. The van der Waals surface area contributed by atoms with Crippen molar-refractivity contribution >= 4 is 11.9 Å². The van der Waals surface area contributed by atoms with Gasteiger partial charge in [0, 0.05) is 14.0 Å². The summed E-state index contributed by atoms with van der Waals surface area (Å²) >= 11 is 0. The fourth-order valence-electron chi connectivity index (χ4n) is 1.01. The Bertz CT molecular complexity index is 357. The van der Waals surface area contributed by atoms with Crippen LogP contribution in [-0.4, -0.2) is 18.9 Å². The molecule has 0 radical (unpaired) electrons. The van der Waals surface area contributed by atoms with Crippen molar-refractivity contribution in [2.24, 2.45) is 15.7 Å². The van der Waals surface area contributed by atoms with Crippen molar-refractivity contribution in [3.05, 3.63) is 35.9 Å². The number of guanidine groups is 1. The normalized spacial score (nSPS) is 12.7. The number of nitrogens with two attached hydrogens (primary N) is 1. The summed E-state index contributed by atoms with van der Waals surface area (Å²) in [7, 11) is 1.59. The first-order valence-corrected chi connectivity index (χ1v) is 4.66. The Balaban J connectivity index is 2.48. The van der Waals surface area contributed by atoms with Crippen molar-refractivity contribution in [1.29, 1.82) is 0 Å². The number of nitrogens with zero attached hydrogens (tertiary/aromatic N) is 2. The van der Waals surface area contributed by atoms with Gasteiger partial charge in [0.15, 0.2) is 5.90 Å². The molecular formula is C11H15N3O. The van der Waals surface area contributed by atoms with Crippen molar-refractivity contribution in [3.63, 3.8) is 0 Å². The molecule has 0 atom stereocenters. The fraction of sp³-hybridized carbons (Fsp3) is 0.273. The van der Waals surface area contributed by atoms with Gasteiger partial charge in [0.2, 0.25) is 5.96 Å². The maximum absolute atomic E-state index is 5.43. The van der Waals surface area contributed by atoms with Gasteiger partial charge >= 0.3 is 0 Å². The van der Waals surface area contributed by atoms with Crippen LogP contribution in [0.1, 0.15) is 12.5 Å². The van der Waals surface area contributed by atoms with Crippen LogP contribution in [0.4, 0.5) is 0 Å². The highest BCUT2D eigenvalue weighted by Crippen LogP contribution is 2.00. The second-order valence-electron chi connectivity index (χ2n) is 2.99.